The van der Waals surface area contributed by atoms with Crippen LogP contribution in [0.2, 0.25) is 0 Å². The van der Waals surface area contributed by atoms with Crippen LogP contribution in [-0.2, 0) is 9.59 Å². The van der Waals surface area contributed by atoms with Crippen molar-refractivity contribution in [3.8, 4) is 0 Å². The lowest BCUT2D eigenvalue weighted by Crippen LogP contribution is -2.51. The number of hydrogen-bond donors (Lipinski definition) is 1. The molecule has 2 atom stereocenters. The molecule has 6 heteroatoms. The zero-order chi connectivity index (χ0) is 15.7. The van der Waals surface area contributed by atoms with E-state index in [1.54, 1.807) is 6.92 Å². The molecule has 1 aromatic rings. The Hall–Kier alpha value is -1.82. The molecule has 0 spiro atoms. The van der Waals surface area contributed by atoms with Crippen LogP contribution >= 0.6 is 0 Å². The number of aryl methyl sites for hydroxylation is 1. The molecule has 0 saturated carbocycles. The maximum atomic E-state index is 13.9. The molecule has 21 heavy (non-hydrogen) atoms. The minimum atomic E-state index is -0.563. The molecule has 1 aliphatic rings. The monoisotopic (exact) mass is 296 g/mol. The van der Waals surface area contributed by atoms with Crippen LogP contribution in [0, 0.1) is 18.6 Å². The molecule has 2 unspecified atom stereocenters. The van der Waals surface area contributed by atoms with Gasteiger partial charge in [-0.3, -0.25) is 19.8 Å². The van der Waals surface area contributed by atoms with Gasteiger partial charge >= 0.3 is 0 Å². The van der Waals surface area contributed by atoms with Gasteiger partial charge in [-0.25, -0.2) is 8.78 Å². The lowest BCUT2D eigenvalue weighted by atomic mass is 10.0. The Balaban J connectivity index is 2.15. The summed E-state index contributed by atoms with van der Waals surface area (Å²) >= 11 is 0. The van der Waals surface area contributed by atoms with Gasteiger partial charge in [0, 0.05) is 25.1 Å². The zero-order valence-electron chi connectivity index (χ0n) is 12.2. The summed E-state index contributed by atoms with van der Waals surface area (Å²) in [6.45, 7) is 3.16. The van der Waals surface area contributed by atoms with Crippen LogP contribution in [-0.4, -0.2) is 29.8 Å². The van der Waals surface area contributed by atoms with Crippen LogP contribution in [0.3, 0.4) is 0 Å². The second-order valence-corrected chi connectivity index (χ2v) is 5.39. The van der Waals surface area contributed by atoms with Crippen molar-refractivity contribution in [2.75, 3.05) is 7.05 Å². The number of piperidine rings is 1. The smallest absolute Gasteiger partial charge is 0.246 e. The Kier molecular flexibility index (Phi) is 4.37. The van der Waals surface area contributed by atoms with Crippen LogP contribution in [0.25, 0.3) is 0 Å². The van der Waals surface area contributed by atoms with Gasteiger partial charge in [0.1, 0.15) is 11.6 Å². The second-order valence-electron chi connectivity index (χ2n) is 5.39. The Morgan fingerprint density at radius 1 is 1.29 bits per heavy atom. The summed E-state index contributed by atoms with van der Waals surface area (Å²) in [4.78, 5) is 24.5. The van der Waals surface area contributed by atoms with E-state index in [1.165, 1.54) is 14.0 Å². The van der Waals surface area contributed by atoms with E-state index in [4.69, 9.17) is 0 Å². The maximum absolute atomic E-state index is 13.9. The molecule has 4 nitrogen and oxygen atoms in total. The highest BCUT2D eigenvalue weighted by Crippen LogP contribution is 2.22. The lowest BCUT2D eigenvalue weighted by Gasteiger charge is -2.30. The van der Waals surface area contributed by atoms with Crippen molar-refractivity contribution >= 4 is 11.8 Å². The lowest BCUT2D eigenvalue weighted by molar-refractivity contribution is -0.148. The number of benzene rings is 1. The van der Waals surface area contributed by atoms with E-state index >= 15 is 0 Å². The first-order valence-electron chi connectivity index (χ1n) is 6.83. The van der Waals surface area contributed by atoms with E-state index in [-0.39, 0.29) is 29.4 Å². The largest absolute Gasteiger partial charge is 0.299 e. The quantitative estimate of drug-likeness (QED) is 0.869. The maximum Gasteiger partial charge on any atom is 0.246 e. The van der Waals surface area contributed by atoms with Crippen molar-refractivity contribution in [1.82, 2.24) is 10.2 Å². The number of hydrogen-bond acceptors (Lipinski definition) is 3. The number of nitrogens with one attached hydrogen (secondary N) is 1. The molecule has 2 rings (SSSR count). The zero-order valence-corrected chi connectivity index (χ0v) is 12.2. The summed E-state index contributed by atoms with van der Waals surface area (Å²) in [6, 6.07) is 1.19. The van der Waals surface area contributed by atoms with Gasteiger partial charge in [0.25, 0.3) is 0 Å². The number of likely N-dealkylation sites (tertiary alicyclic amines) is 1. The van der Waals surface area contributed by atoms with E-state index in [2.05, 4.69) is 5.32 Å². The Bertz CT molecular complexity index is 589. The fraction of sp³-hybridized carbons (Fsp3) is 0.467. The summed E-state index contributed by atoms with van der Waals surface area (Å²) in [5, 5.41) is 2.97. The summed E-state index contributed by atoms with van der Waals surface area (Å²) in [6.07, 6.45) is 0.625. The first-order valence-corrected chi connectivity index (χ1v) is 6.83. The van der Waals surface area contributed by atoms with Gasteiger partial charge in [-0.15, -0.1) is 0 Å². The molecular weight excluding hydrogens is 278 g/mol. The average molecular weight is 296 g/mol. The highest BCUT2D eigenvalue weighted by Gasteiger charge is 2.32. The topological polar surface area (TPSA) is 49.4 Å². The SMILES string of the molecule is Cc1cc(F)c(C(C)NC2CCC(=O)N(C)C2=O)cc1F. The molecule has 114 valence electrons. The number of carbonyl (C=O) groups is 2. The summed E-state index contributed by atoms with van der Waals surface area (Å²) < 4.78 is 27.5. The molecular formula is C15H18F2N2O2. The third kappa shape index (κ3) is 3.10. The highest BCUT2D eigenvalue weighted by atomic mass is 19.1. The van der Waals surface area contributed by atoms with Crippen LogP contribution < -0.4 is 5.32 Å². The molecule has 2 amide bonds. The predicted octanol–water partition coefficient (Wildman–Crippen LogP) is 2.07. The van der Waals surface area contributed by atoms with E-state index in [0.29, 0.717) is 6.42 Å². The molecule has 1 heterocycles. The fourth-order valence-corrected chi connectivity index (χ4v) is 2.46. The highest BCUT2D eigenvalue weighted by molar-refractivity contribution is 6.00. The molecule has 1 saturated heterocycles. The van der Waals surface area contributed by atoms with Crippen molar-refractivity contribution in [3.63, 3.8) is 0 Å². The molecule has 1 fully saturated rings. The van der Waals surface area contributed by atoms with Gasteiger partial charge in [-0.1, -0.05) is 0 Å². The van der Waals surface area contributed by atoms with Crippen molar-refractivity contribution in [1.29, 1.82) is 0 Å². The van der Waals surface area contributed by atoms with E-state index in [0.717, 1.165) is 17.0 Å². The Morgan fingerprint density at radius 2 is 1.95 bits per heavy atom. The first-order chi connectivity index (χ1) is 9.81. The second kappa shape index (κ2) is 5.89. The van der Waals surface area contributed by atoms with Gasteiger partial charge in [0.2, 0.25) is 11.8 Å². The standard InChI is InChI=1S/C15H18F2N2O2/c1-8-6-12(17)10(7-11(8)16)9(2)18-13-4-5-14(20)19(3)15(13)21/h6-7,9,13,18H,4-5H2,1-3H3. The third-order valence-electron chi connectivity index (χ3n) is 3.85. The van der Waals surface area contributed by atoms with Gasteiger partial charge < -0.3 is 0 Å². The summed E-state index contributed by atoms with van der Waals surface area (Å²) in [5.41, 5.74) is 0.410. The van der Waals surface area contributed by atoms with Crippen molar-refractivity contribution in [2.24, 2.45) is 0 Å². The molecule has 1 aromatic carbocycles. The summed E-state index contributed by atoms with van der Waals surface area (Å²) in [5.74, 6) is -1.56. The molecule has 1 aliphatic heterocycles. The van der Waals surface area contributed by atoms with Crippen LogP contribution in [0.4, 0.5) is 8.78 Å². The van der Waals surface area contributed by atoms with Gasteiger partial charge in [0.05, 0.1) is 6.04 Å². The number of halogens is 2. The third-order valence-corrected chi connectivity index (χ3v) is 3.85. The van der Waals surface area contributed by atoms with Gasteiger partial charge in [-0.2, -0.15) is 0 Å². The normalized spacial score (nSPS) is 20.8. The van der Waals surface area contributed by atoms with Crippen LogP contribution in [0.5, 0.6) is 0 Å². The molecule has 0 aromatic heterocycles. The van der Waals surface area contributed by atoms with Crippen LogP contribution in [0.15, 0.2) is 12.1 Å². The van der Waals surface area contributed by atoms with Gasteiger partial charge in [-0.05, 0) is 38.0 Å². The fourth-order valence-electron chi connectivity index (χ4n) is 2.46. The van der Waals surface area contributed by atoms with Crippen molar-refractivity contribution in [3.05, 3.63) is 34.9 Å². The van der Waals surface area contributed by atoms with E-state index in [1.807, 2.05) is 0 Å². The minimum absolute atomic E-state index is 0.172. The van der Waals surface area contributed by atoms with E-state index < -0.39 is 23.7 Å². The molecule has 0 aliphatic carbocycles. The minimum Gasteiger partial charge on any atom is -0.299 e. The molecule has 0 bridgehead atoms. The summed E-state index contributed by atoms with van der Waals surface area (Å²) in [7, 11) is 1.43. The predicted molar refractivity (Wildman–Crippen MR) is 73.4 cm³/mol. The van der Waals surface area contributed by atoms with Crippen molar-refractivity contribution < 1.29 is 18.4 Å². The Labute approximate surface area is 122 Å². The van der Waals surface area contributed by atoms with Crippen LogP contribution in [0.1, 0.15) is 36.9 Å². The van der Waals surface area contributed by atoms with E-state index in [9.17, 15) is 18.4 Å². The molecule has 1 N–H and O–H groups in total. The Morgan fingerprint density at radius 3 is 2.62 bits per heavy atom. The first kappa shape index (κ1) is 15.6. The number of carbonyl (C=O) groups excluding carboxylic acids is 2. The number of nitrogens with zero attached hydrogens (tertiary/aromatic N) is 1. The molecule has 0 radical (unpaired) electrons. The number of imide groups is 1. The number of likely N-dealkylation sites (N-methyl/N-ethyl adjacent to an activating group) is 1. The van der Waals surface area contributed by atoms with Crippen molar-refractivity contribution in [2.45, 2.75) is 38.8 Å². The van der Waals surface area contributed by atoms with Gasteiger partial charge in [0.15, 0.2) is 0 Å². The average Bonchev–Trinajstić information content (AvgIpc) is 2.43. The number of rotatable bonds is 3. The number of amides is 2.